The van der Waals surface area contributed by atoms with Gasteiger partial charge in [0.15, 0.2) is 6.17 Å². The zero-order chi connectivity index (χ0) is 19.7. The number of hydrogen-bond donors (Lipinski definition) is 2. The van der Waals surface area contributed by atoms with Crippen LogP contribution in [0.25, 0.3) is 0 Å². The molecule has 0 radical (unpaired) electrons. The van der Waals surface area contributed by atoms with Gasteiger partial charge in [-0.05, 0) is 43.5 Å². The largest absolute Gasteiger partial charge is 0.325 e. The number of nitrogens with one attached hydrogen (secondary N) is 2. The van der Waals surface area contributed by atoms with Crippen molar-refractivity contribution in [1.29, 1.82) is 0 Å². The fourth-order valence-corrected chi connectivity index (χ4v) is 4.55. The highest BCUT2D eigenvalue weighted by Gasteiger charge is 2.50. The molecule has 2 fully saturated rings. The van der Waals surface area contributed by atoms with E-state index in [2.05, 4.69) is 27.7 Å². The molecule has 3 aliphatic rings. The molecule has 3 atom stereocenters. The van der Waals surface area contributed by atoms with Crippen molar-refractivity contribution in [3.63, 3.8) is 0 Å². The third-order valence-electron chi connectivity index (χ3n) is 5.78. The van der Waals surface area contributed by atoms with Crippen molar-refractivity contribution in [3.8, 4) is 0 Å². The molecule has 2 aliphatic heterocycles. The highest BCUT2D eigenvalue weighted by molar-refractivity contribution is 5.98. The second-order valence-corrected chi connectivity index (χ2v) is 7.66. The number of amides is 2. The van der Waals surface area contributed by atoms with Gasteiger partial charge in [-0.15, -0.1) is 0 Å². The summed E-state index contributed by atoms with van der Waals surface area (Å²) in [5, 5.41) is 7.17. The van der Waals surface area contributed by atoms with Gasteiger partial charge in [-0.1, -0.05) is 19.8 Å². The Hall–Kier alpha value is -2.64. The molecule has 1 aliphatic carbocycles. The summed E-state index contributed by atoms with van der Waals surface area (Å²) in [6.07, 6.45) is 5.35. The summed E-state index contributed by atoms with van der Waals surface area (Å²) >= 11 is 0. The van der Waals surface area contributed by atoms with Crippen LogP contribution in [-0.4, -0.2) is 52.2 Å². The molecule has 0 spiro atoms. The van der Waals surface area contributed by atoms with E-state index in [1.807, 2.05) is 0 Å². The van der Waals surface area contributed by atoms with Crippen molar-refractivity contribution < 1.29 is 14.0 Å². The van der Waals surface area contributed by atoms with Crippen LogP contribution in [0.4, 0.5) is 10.1 Å². The van der Waals surface area contributed by atoms with Gasteiger partial charge >= 0.3 is 0 Å². The SMILES string of the molecule is CCCC1=NNC2C(=O)N(CC(=O)Nc3ccc(F)cc3)C3CCCCC3N12. The molecule has 0 bridgehead atoms. The van der Waals surface area contributed by atoms with Gasteiger partial charge in [-0.2, -0.15) is 5.10 Å². The van der Waals surface area contributed by atoms with E-state index in [-0.39, 0.29) is 36.3 Å². The van der Waals surface area contributed by atoms with E-state index in [4.69, 9.17) is 0 Å². The van der Waals surface area contributed by atoms with Crippen LogP contribution in [0.2, 0.25) is 0 Å². The molecule has 1 aromatic rings. The number of fused-ring (bicyclic) bond motifs is 3. The van der Waals surface area contributed by atoms with Crippen molar-refractivity contribution in [2.45, 2.75) is 63.7 Å². The molecule has 0 aromatic heterocycles. The van der Waals surface area contributed by atoms with Gasteiger partial charge < -0.3 is 15.1 Å². The van der Waals surface area contributed by atoms with Crippen LogP contribution >= 0.6 is 0 Å². The van der Waals surface area contributed by atoms with Crippen molar-refractivity contribution in [2.75, 3.05) is 11.9 Å². The number of hydrazone groups is 1. The molecule has 1 saturated carbocycles. The van der Waals surface area contributed by atoms with Crippen molar-refractivity contribution in [2.24, 2.45) is 5.10 Å². The molecule has 8 heteroatoms. The molecular weight excluding hydrogens is 361 g/mol. The monoisotopic (exact) mass is 387 g/mol. The van der Waals surface area contributed by atoms with Crippen LogP contribution < -0.4 is 10.7 Å². The van der Waals surface area contributed by atoms with E-state index in [0.717, 1.165) is 44.4 Å². The Morgan fingerprint density at radius 2 is 1.96 bits per heavy atom. The van der Waals surface area contributed by atoms with Gasteiger partial charge in [0.25, 0.3) is 5.91 Å². The number of piperazine rings is 1. The third-order valence-corrected chi connectivity index (χ3v) is 5.78. The third kappa shape index (κ3) is 3.43. The average Bonchev–Trinajstić information content (AvgIpc) is 3.11. The molecule has 2 amide bonds. The highest BCUT2D eigenvalue weighted by Crippen LogP contribution is 2.35. The van der Waals surface area contributed by atoms with Crippen molar-refractivity contribution in [3.05, 3.63) is 30.1 Å². The summed E-state index contributed by atoms with van der Waals surface area (Å²) in [4.78, 5) is 29.6. The van der Waals surface area contributed by atoms with Gasteiger partial charge in [0, 0.05) is 12.1 Å². The molecule has 2 N–H and O–H groups in total. The molecular formula is C20H26FN5O2. The minimum atomic E-state index is -0.514. The van der Waals surface area contributed by atoms with E-state index >= 15 is 0 Å². The number of benzene rings is 1. The molecule has 3 unspecified atom stereocenters. The van der Waals surface area contributed by atoms with Crippen LogP contribution in [0, 0.1) is 5.82 Å². The first-order valence-corrected chi connectivity index (χ1v) is 10.0. The Balaban J connectivity index is 1.50. The summed E-state index contributed by atoms with van der Waals surface area (Å²) in [5.74, 6) is 0.218. The molecule has 7 nitrogen and oxygen atoms in total. The molecule has 150 valence electrons. The second kappa shape index (κ2) is 7.77. The van der Waals surface area contributed by atoms with Crippen molar-refractivity contribution in [1.82, 2.24) is 15.2 Å². The Morgan fingerprint density at radius 3 is 2.68 bits per heavy atom. The van der Waals surface area contributed by atoms with E-state index in [1.54, 1.807) is 4.90 Å². The number of hydrogen-bond acceptors (Lipinski definition) is 5. The summed E-state index contributed by atoms with van der Waals surface area (Å²) in [5.41, 5.74) is 3.50. The molecule has 28 heavy (non-hydrogen) atoms. The first-order chi connectivity index (χ1) is 13.6. The summed E-state index contributed by atoms with van der Waals surface area (Å²) in [6.45, 7) is 2.10. The zero-order valence-corrected chi connectivity index (χ0v) is 16.0. The smallest absolute Gasteiger partial charge is 0.268 e. The normalized spacial score (nSPS) is 26.3. The minimum Gasteiger partial charge on any atom is -0.325 e. The number of rotatable bonds is 5. The van der Waals surface area contributed by atoms with Gasteiger partial charge in [0.1, 0.15) is 18.2 Å². The Labute approximate surface area is 163 Å². The maximum absolute atomic E-state index is 13.2. The maximum Gasteiger partial charge on any atom is 0.268 e. The standard InChI is InChI=1S/C20H26FN5O2/c1-2-5-17-23-24-19-20(28)25(15-6-3-4-7-16(15)26(17)19)12-18(27)22-14-10-8-13(21)9-11-14/h8-11,15-16,19,24H,2-7,12H2,1H3,(H,22,27). The lowest BCUT2D eigenvalue weighted by atomic mass is 9.85. The summed E-state index contributed by atoms with van der Waals surface area (Å²) < 4.78 is 13.1. The predicted molar refractivity (Wildman–Crippen MR) is 104 cm³/mol. The Bertz CT molecular complexity index is 781. The zero-order valence-electron chi connectivity index (χ0n) is 16.0. The quantitative estimate of drug-likeness (QED) is 0.813. The van der Waals surface area contributed by atoms with E-state index < -0.39 is 6.17 Å². The van der Waals surface area contributed by atoms with Crippen LogP contribution in [0.1, 0.15) is 45.4 Å². The first-order valence-electron chi connectivity index (χ1n) is 10.0. The molecule has 1 saturated heterocycles. The molecule has 1 aromatic carbocycles. The number of halogens is 1. The lowest BCUT2D eigenvalue weighted by Crippen LogP contribution is -2.69. The highest BCUT2D eigenvalue weighted by atomic mass is 19.1. The fourth-order valence-electron chi connectivity index (χ4n) is 4.55. The van der Waals surface area contributed by atoms with E-state index in [9.17, 15) is 14.0 Å². The van der Waals surface area contributed by atoms with Crippen molar-refractivity contribution >= 4 is 23.3 Å². The number of carbonyl (C=O) groups is 2. The second-order valence-electron chi connectivity index (χ2n) is 7.66. The maximum atomic E-state index is 13.2. The first kappa shape index (κ1) is 18.7. The minimum absolute atomic E-state index is 0.00743. The van der Waals surface area contributed by atoms with Gasteiger partial charge in [0.2, 0.25) is 5.91 Å². The van der Waals surface area contributed by atoms with Crippen LogP contribution in [-0.2, 0) is 9.59 Å². The number of nitrogens with zero attached hydrogens (tertiary/aromatic N) is 3. The molecule has 2 heterocycles. The van der Waals surface area contributed by atoms with Crippen LogP contribution in [0.3, 0.4) is 0 Å². The number of carbonyl (C=O) groups excluding carboxylic acids is 2. The fraction of sp³-hybridized carbons (Fsp3) is 0.550. The van der Waals surface area contributed by atoms with Gasteiger partial charge in [-0.25, -0.2) is 4.39 Å². The van der Waals surface area contributed by atoms with Crippen LogP contribution in [0.15, 0.2) is 29.4 Å². The van der Waals surface area contributed by atoms with E-state index in [0.29, 0.717) is 5.69 Å². The Kier molecular flexibility index (Phi) is 5.19. The predicted octanol–water partition coefficient (Wildman–Crippen LogP) is 2.26. The van der Waals surface area contributed by atoms with E-state index in [1.165, 1.54) is 24.3 Å². The average molecular weight is 387 g/mol. The van der Waals surface area contributed by atoms with Crippen LogP contribution in [0.5, 0.6) is 0 Å². The molecule has 4 rings (SSSR count). The summed E-state index contributed by atoms with van der Waals surface area (Å²) in [7, 11) is 0. The van der Waals surface area contributed by atoms with Gasteiger partial charge in [-0.3, -0.25) is 15.0 Å². The van der Waals surface area contributed by atoms with Gasteiger partial charge in [0.05, 0.1) is 12.1 Å². The number of amidine groups is 1. The summed E-state index contributed by atoms with van der Waals surface area (Å²) in [6, 6.07) is 5.82. The lowest BCUT2D eigenvalue weighted by Gasteiger charge is -2.51. The number of anilines is 1. The lowest BCUT2D eigenvalue weighted by molar-refractivity contribution is -0.151. The Morgan fingerprint density at radius 1 is 1.25 bits per heavy atom. The topological polar surface area (TPSA) is 77.0 Å².